The zero-order valence-corrected chi connectivity index (χ0v) is 24.3. The molecule has 0 aliphatic rings. The number of nitrogens with one attached hydrogen (secondary N) is 3. The van der Waals surface area contributed by atoms with Crippen LogP contribution in [0.25, 0.3) is 6.08 Å². The van der Waals surface area contributed by atoms with Crippen LogP contribution in [0.1, 0.15) is 26.7 Å². The SMILES string of the molecule is O=C(Nc1cccc(SC(C(=O)Nc2ccc(F)cc2)c2ccccc2)c1)/C(=C/c1ccsc1)NC(=O)c1ccccc1. The molecule has 9 heteroatoms. The monoisotopic (exact) mass is 607 g/mol. The Bertz CT molecular complexity index is 1730. The third-order valence-corrected chi connectivity index (χ3v) is 8.13. The number of thioether (sulfide) groups is 1. The van der Waals surface area contributed by atoms with Crippen LogP contribution < -0.4 is 16.0 Å². The molecular formula is C34H26FN3O3S2. The van der Waals surface area contributed by atoms with E-state index in [1.807, 2.05) is 59.3 Å². The molecule has 1 heterocycles. The molecule has 1 unspecified atom stereocenters. The molecule has 4 aromatic carbocycles. The first-order valence-corrected chi connectivity index (χ1v) is 15.1. The summed E-state index contributed by atoms with van der Waals surface area (Å²) in [7, 11) is 0. The third kappa shape index (κ3) is 8.28. The fraction of sp³-hybridized carbons (Fsp3) is 0.0294. The van der Waals surface area contributed by atoms with Crippen LogP contribution in [0.5, 0.6) is 0 Å². The number of hydrogen-bond acceptors (Lipinski definition) is 5. The highest BCUT2D eigenvalue weighted by Crippen LogP contribution is 2.37. The van der Waals surface area contributed by atoms with Crippen LogP contribution in [-0.2, 0) is 9.59 Å². The van der Waals surface area contributed by atoms with Gasteiger partial charge in [-0.1, -0.05) is 54.6 Å². The minimum absolute atomic E-state index is 0.0890. The molecule has 0 spiro atoms. The normalized spacial score (nSPS) is 11.8. The van der Waals surface area contributed by atoms with Crippen LogP contribution in [-0.4, -0.2) is 17.7 Å². The fourth-order valence-corrected chi connectivity index (χ4v) is 5.79. The van der Waals surface area contributed by atoms with Crippen LogP contribution in [0.2, 0.25) is 0 Å². The largest absolute Gasteiger partial charge is 0.325 e. The van der Waals surface area contributed by atoms with Gasteiger partial charge in [0, 0.05) is 21.8 Å². The molecular weight excluding hydrogens is 582 g/mol. The van der Waals surface area contributed by atoms with E-state index in [1.165, 1.54) is 47.4 Å². The minimum atomic E-state index is -0.628. The molecule has 5 aromatic rings. The Morgan fingerprint density at radius 2 is 1.49 bits per heavy atom. The molecule has 0 saturated heterocycles. The number of halogens is 1. The van der Waals surface area contributed by atoms with Crippen LogP contribution >= 0.6 is 23.1 Å². The van der Waals surface area contributed by atoms with Crippen LogP contribution in [0, 0.1) is 5.82 Å². The summed E-state index contributed by atoms with van der Waals surface area (Å²) in [6.45, 7) is 0. The van der Waals surface area contributed by atoms with Gasteiger partial charge in [-0.15, -0.1) is 11.8 Å². The van der Waals surface area contributed by atoms with Crippen molar-refractivity contribution in [2.45, 2.75) is 10.1 Å². The molecule has 0 saturated carbocycles. The molecule has 43 heavy (non-hydrogen) atoms. The Morgan fingerprint density at radius 1 is 0.767 bits per heavy atom. The van der Waals surface area contributed by atoms with E-state index in [0.717, 1.165) is 16.0 Å². The van der Waals surface area contributed by atoms with Crippen molar-refractivity contribution in [2.24, 2.45) is 0 Å². The molecule has 0 aliphatic carbocycles. The average Bonchev–Trinajstić information content (AvgIpc) is 3.55. The lowest BCUT2D eigenvalue weighted by Crippen LogP contribution is -2.30. The molecule has 0 aliphatic heterocycles. The summed E-state index contributed by atoms with van der Waals surface area (Å²) in [5.74, 6) is -1.56. The zero-order chi connectivity index (χ0) is 30.0. The molecule has 3 amide bonds. The summed E-state index contributed by atoms with van der Waals surface area (Å²) in [4.78, 5) is 40.4. The maximum Gasteiger partial charge on any atom is 0.272 e. The van der Waals surface area contributed by atoms with E-state index in [0.29, 0.717) is 16.9 Å². The standard InChI is InChI=1S/C34H26FN3O3S2/c35-26-14-16-27(17-15-26)36-34(41)31(24-8-3-1-4-9-24)43-29-13-7-12-28(21-29)37-33(40)30(20-23-18-19-42-22-23)38-32(39)25-10-5-2-6-11-25/h1-22,31H,(H,36,41)(H,37,40)(H,38,39)/b30-20-. The van der Waals surface area contributed by atoms with Crippen molar-refractivity contribution >= 4 is 58.3 Å². The molecule has 0 radical (unpaired) electrons. The highest BCUT2D eigenvalue weighted by atomic mass is 32.2. The van der Waals surface area contributed by atoms with Crippen LogP contribution in [0.15, 0.2) is 137 Å². The van der Waals surface area contributed by atoms with Crippen molar-refractivity contribution in [3.63, 3.8) is 0 Å². The Labute approximate surface area is 256 Å². The Morgan fingerprint density at radius 3 is 2.19 bits per heavy atom. The molecule has 1 aromatic heterocycles. The van der Waals surface area contributed by atoms with Crippen molar-refractivity contribution in [3.05, 3.63) is 154 Å². The number of benzene rings is 4. The number of carbonyl (C=O) groups is 3. The van der Waals surface area contributed by atoms with E-state index in [9.17, 15) is 18.8 Å². The molecule has 0 fully saturated rings. The third-order valence-electron chi connectivity index (χ3n) is 6.18. The fourth-order valence-electron chi connectivity index (χ4n) is 4.09. The van der Waals surface area contributed by atoms with Gasteiger partial charge < -0.3 is 16.0 Å². The highest BCUT2D eigenvalue weighted by Gasteiger charge is 2.23. The summed E-state index contributed by atoms with van der Waals surface area (Å²) in [6, 6.07) is 32.6. The molecule has 1 atom stereocenters. The maximum absolute atomic E-state index is 13.4. The van der Waals surface area contributed by atoms with Gasteiger partial charge in [-0.3, -0.25) is 14.4 Å². The van der Waals surface area contributed by atoms with E-state index in [2.05, 4.69) is 16.0 Å². The van der Waals surface area contributed by atoms with E-state index >= 15 is 0 Å². The van der Waals surface area contributed by atoms with Gasteiger partial charge >= 0.3 is 0 Å². The summed E-state index contributed by atoms with van der Waals surface area (Å²) in [6.07, 6.45) is 1.62. The van der Waals surface area contributed by atoms with E-state index in [1.54, 1.807) is 48.5 Å². The lowest BCUT2D eigenvalue weighted by Gasteiger charge is -2.18. The predicted molar refractivity (Wildman–Crippen MR) is 171 cm³/mol. The average molecular weight is 608 g/mol. The number of thiophene rings is 1. The summed E-state index contributed by atoms with van der Waals surface area (Å²) in [5, 5.41) is 11.6. The number of carbonyl (C=O) groups excluding carboxylic acids is 3. The number of hydrogen-bond donors (Lipinski definition) is 3. The number of amides is 3. The summed E-state index contributed by atoms with van der Waals surface area (Å²) < 4.78 is 13.4. The van der Waals surface area contributed by atoms with E-state index < -0.39 is 17.1 Å². The molecule has 214 valence electrons. The first kappa shape index (κ1) is 29.5. The highest BCUT2D eigenvalue weighted by molar-refractivity contribution is 8.00. The van der Waals surface area contributed by atoms with Gasteiger partial charge in [-0.25, -0.2) is 4.39 Å². The van der Waals surface area contributed by atoms with Gasteiger partial charge in [0.05, 0.1) is 0 Å². The second-order valence-corrected chi connectivity index (χ2v) is 11.3. The van der Waals surface area contributed by atoms with Crippen molar-refractivity contribution in [1.82, 2.24) is 5.32 Å². The quantitative estimate of drug-likeness (QED) is 0.112. The lowest BCUT2D eigenvalue weighted by atomic mass is 10.1. The van der Waals surface area contributed by atoms with Crippen LogP contribution in [0.4, 0.5) is 15.8 Å². The predicted octanol–water partition coefficient (Wildman–Crippen LogP) is 7.77. The summed E-state index contributed by atoms with van der Waals surface area (Å²) in [5.41, 5.74) is 3.06. The van der Waals surface area contributed by atoms with Crippen LogP contribution in [0.3, 0.4) is 0 Å². The maximum atomic E-state index is 13.4. The Hall–Kier alpha value is -4.99. The second-order valence-electron chi connectivity index (χ2n) is 9.32. The molecule has 6 nitrogen and oxygen atoms in total. The van der Waals surface area contributed by atoms with E-state index in [-0.39, 0.29) is 17.4 Å². The van der Waals surface area contributed by atoms with Crippen molar-refractivity contribution in [2.75, 3.05) is 10.6 Å². The second kappa shape index (κ2) is 14.3. The van der Waals surface area contributed by atoms with Gasteiger partial charge in [0.1, 0.15) is 16.8 Å². The first-order valence-electron chi connectivity index (χ1n) is 13.2. The van der Waals surface area contributed by atoms with Crippen molar-refractivity contribution < 1.29 is 18.8 Å². The molecule has 0 bridgehead atoms. The minimum Gasteiger partial charge on any atom is -0.325 e. The van der Waals surface area contributed by atoms with Crippen molar-refractivity contribution in [1.29, 1.82) is 0 Å². The smallest absolute Gasteiger partial charge is 0.272 e. The first-order chi connectivity index (χ1) is 20.9. The van der Waals surface area contributed by atoms with Gasteiger partial charge in [-0.05, 0) is 88.6 Å². The van der Waals surface area contributed by atoms with Gasteiger partial charge in [0.25, 0.3) is 11.8 Å². The lowest BCUT2D eigenvalue weighted by molar-refractivity contribution is -0.116. The number of rotatable bonds is 10. The van der Waals surface area contributed by atoms with Crippen molar-refractivity contribution in [3.8, 4) is 0 Å². The zero-order valence-electron chi connectivity index (χ0n) is 22.7. The molecule has 5 rings (SSSR count). The number of anilines is 2. The van der Waals surface area contributed by atoms with Gasteiger partial charge in [-0.2, -0.15) is 11.3 Å². The Balaban J connectivity index is 1.35. The van der Waals surface area contributed by atoms with E-state index in [4.69, 9.17) is 0 Å². The van der Waals surface area contributed by atoms with Gasteiger partial charge in [0.2, 0.25) is 5.91 Å². The van der Waals surface area contributed by atoms with Gasteiger partial charge in [0.15, 0.2) is 0 Å². The molecule has 3 N–H and O–H groups in total. The Kier molecular flexibility index (Phi) is 9.78. The topological polar surface area (TPSA) is 87.3 Å². The summed E-state index contributed by atoms with van der Waals surface area (Å²) >= 11 is 2.79.